The Hall–Kier alpha value is -3.26. The minimum Gasteiger partial charge on any atom is -0.508 e. The van der Waals surface area contributed by atoms with Crippen LogP contribution >= 0.6 is 0 Å². The molecule has 0 heterocycles. The summed E-state index contributed by atoms with van der Waals surface area (Å²) >= 11 is 0. The second kappa shape index (κ2) is 8.72. The van der Waals surface area contributed by atoms with Crippen molar-refractivity contribution >= 4 is 11.6 Å². The first-order valence-corrected chi connectivity index (χ1v) is 8.50. The molecule has 3 N–H and O–H groups in total. The van der Waals surface area contributed by atoms with Crippen LogP contribution in [-0.4, -0.2) is 11.0 Å². The average molecular weight is 349 g/mol. The van der Waals surface area contributed by atoms with Gasteiger partial charge in [-0.05, 0) is 55.2 Å². The third-order valence-electron chi connectivity index (χ3n) is 4.18. The molecule has 134 valence electrons. The highest BCUT2D eigenvalue weighted by Crippen LogP contribution is 2.20. The number of nitriles is 1. The van der Waals surface area contributed by atoms with Gasteiger partial charge in [0.1, 0.15) is 17.4 Å². The van der Waals surface area contributed by atoms with Crippen molar-refractivity contribution in [1.82, 2.24) is 5.32 Å². The number of hydrogen-bond donors (Lipinski definition) is 3. The second-order valence-electron chi connectivity index (χ2n) is 6.10. The molecule has 26 heavy (non-hydrogen) atoms. The van der Waals surface area contributed by atoms with Crippen molar-refractivity contribution in [3.8, 4) is 11.8 Å². The molecule has 0 saturated heterocycles. The number of nitrogens with zero attached hydrogens (tertiary/aromatic N) is 1. The molecule has 2 aromatic rings. The Morgan fingerprint density at radius 1 is 1.27 bits per heavy atom. The first-order valence-electron chi connectivity index (χ1n) is 8.50. The molecular weight excluding hydrogens is 326 g/mol. The highest BCUT2D eigenvalue weighted by Gasteiger charge is 2.14. The molecule has 0 aliphatic rings. The molecule has 0 aromatic heterocycles. The van der Waals surface area contributed by atoms with Gasteiger partial charge >= 0.3 is 0 Å². The number of phenolic OH excluding ortho intramolecular Hbond substituents is 1. The van der Waals surface area contributed by atoms with Crippen LogP contribution in [0.3, 0.4) is 0 Å². The molecule has 0 aliphatic heterocycles. The third kappa shape index (κ3) is 4.87. The lowest BCUT2D eigenvalue weighted by atomic mass is 10.0. The van der Waals surface area contributed by atoms with Gasteiger partial charge in [-0.1, -0.05) is 31.2 Å². The summed E-state index contributed by atoms with van der Waals surface area (Å²) in [6.45, 7) is 5.79. The van der Waals surface area contributed by atoms with Crippen molar-refractivity contribution in [1.29, 1.82) is 5.26 Å². The molecule has 1 unspecified atom stereocenters. The molecule has 0 spiro atoms. The van der Waals surface area contributed by atoms with Gasteiger partial charge in [-0.15, -0.1) is 0 Å². The Labute approximate surface area is 154 Å². The minimum absolute atomic E-state index is 0.0190. The summed E-state index contributed by atoms with van der Waals surface area (Å²) in [5, 5.41) is 24.5. The minimum atomic E-state index is -0.441. The molecule has 0 bridgehead atoms. The fraction of sp³-hybridized carbons (Fsp3) is 0.238. The van der Waals surface area contributed by atoms with Gasteiger partial charge in [0.2, 0.25) is 0 Å². The van der Waals surface area contributed by atoms with E-state index in [9.17, 15) is 15.2 Å². The number of anilines is 1. The summed E-state index contributed by atoms with van der Waals surface area (Å²) in [7, 11) is 0. The van der Waals surface area contributed by atoms with Crippen LogP contribution < -0.4 is 10.6 Å². The first-order chi connectivity index (χ1) is 12.4. The van der Waals surface area contributed by atoms with E-state index >= 15 is 0 Å². The van der Waals surface area contributed by atoms with Gasteiger partial charge in [0, 0.05) is 11.9 Å². The Balaban J connectivity index is 2.06. The lowest BCUT2D eigenvalue weighted by molar-refractivity contribution is -0.117. The van der Waals surface area contributed by atoms with Gasteiger partial charge in [0.25, 0.3) is 5.91 Å². The van der Waals surface area contributed by atoms with E-state index in [1.807, 2.05) is 44.2 Å². The monoisotopic (exact) mass is 349 g/mol. The van der Waals surface area contributed by atoms with Crippen molar-refractivity contribution in [3.05, 3.63) is 70.9 Å². The molecule has 0 radical (unpaired) electrons. The SMILES string of the molecule is CCc1ccc(C(C)NC(=O)/C(C#N)=C\Nc2ccc(O)cc2C)cc1. The number of hydrogen-bond acceptors (Lipinski definition) is 4. The van der Waals surface area contributed by atoms with E-state index in [1.54, 1.807) is 12.1 Å². The number of phenols is 1. The molecule has 2 aromatic carbocycles. The molecule has 0 saturated carbocycles. The number of aromatic hydroxyl groups is 1. The van der Waals surface area contributed by atoms with Crippen molar-refractivity contribution in [2.45, 2.75) is 33.2 Å². The number of benzene rings is 2. The van der Waals surface area contributed by atoms with Gasteiger partial charge in [-0.2, -0.15) is 5.26 Å². The molecule has 5 nitrogen and oxygen atoms in total. The summed E-state index contributed by atoms with van der Waals surface area (Å²) in [5.74, 6) is -0.276. The number of carbonyl (C=O) groups excluding carboxylic acids is 1. The predicted octanol–water partition coefficient (Wildman–Crippen LogP) is 3.96. The number of nitrogens with one attached hydrogen (secondary N) is 2. The quantitative estimate of drug-likeness (QED) is 0.419. The van der Waals surface area contributed by atoms with Crippen LogP contribution in [0.5, 0.6) is 5.75 Å². The number of carbonyl (C=O) groups is 1. The zero-order valence-electron chi connectivity index (χ0n) is 15.2. The topological polar surface area (TPSA) is 85.2 Å². The normalized spacial score (nSPS) is 12.2. The van der Waals surface area contributed by atoms with Gasteiger partial charge in [0.05, 0.1) is 6.04 Å². The Morgan fingerprint density at radius 3 is 2.54 bits per heavy atom. The van der Waals surface area contributed by atoms with Crippen LogP contribution in [0.15, 0.2) is 54.2 Å². The fourth-order valence-corrected chi connectivity index (χ4v) is 2.51. The van der Waals surface area contributed by atoms with E-state index in [0.717, 1.165) is 17.5 Å². The van der Waals surface area contributed by atoms with Gasteiger partial charge in [0.15, 0.2) is 0 Å². The smallest absolute Gasteiger partial charge is 0.263 e. The van der Waals surface area contributed by atoms with Crippen LogP contribution in [0.25, 0.3) is 0 Å². The Bertz CT molecular complexity index is 849. The summed E-state index contributed by atoms with van der Waals surface area (Å²) in [5.41, 5.74) is 3.72. The van der Waals surface area contributed by atoms with Crippen LogP contribution in [0, 0.1) is 18.3 Å². The predicted molar refractivity (Wildman–Crippen MR) is 103 cm³/mol. The summed E-state index contributed by atoms with van der Waals surface area (Å²) in [4.78, 5) is 12.4. The largest absolute Gasteiger partial charge is 0.508 e. The molecule has 1 atom stereocenters. The maximum atomic E-state index is 12.4. The Morgan fingerprint density at radius 2 is 1.96 bits per heavy atom. The van der Waals surface area contributed by atoms with E-state index < -0.39 is 5.91 Å². The number of rotatable bonds is 6. The van der Waals surface area contributed by atoms with E-state index in [-0.39, 0.29) is 17.4 Å². The van der Waals surface area contributed by atoms with Crippen molar-refractivity contribution in [2.24, 2.45) is 0 Å². The second-order valence-corrected chi connectivity index (χ2v) is 6.10. The summed E-state index contributed by atoms with van der Waals surface area (Å²) in [6.07, 6.45) is 2.34. The lowest BCUT2D eigenvalue weighted by Gasteiger charge is -2.14. The van der Waals surface area contributed by atoms with Crippen molar-refractivity contribution in [3.63, 3.8) is 0 Å². The highest BCUT2D eigenvalue weighted by atomic mass is 16.3. The van der Waals surface area contributed by atoms with Crippen LogP contribution in [-0.2, 0) is 11.2 Å². The summed E-state index contributed by atoms with van der Waals surface area (Å²) < 4.78 is 0. The molecule has 5 heteroatoms. The zero-order chi connectivity index (χ0) is 19.1. The van der Waals surface area contributed by atoms with E-state index in [4.69, 9.17) is 0 Å². The molecule has 0 aliphatic carbocycles. The standard InChI is InChI=1S/C21H23N3O2/c1-4-16-5-7-17(8-6-16)15(3)24-21(26)18(12-22)13-23-20-10-9-19(25)11-14(20)2/h5-11,13,15,23,25H,4H2,1-3H3,(H,24,26)/b18-13-. The number of aryl methyl sites for hydroxylation is 2. The first kappa shape index (κ1) is 19.1. The van der Waals surface area contributed by atoms with Crippen LogP contribution in [0.4, 0.5) is 5.69 Å². The molecule has 2 rings (SSSR count). The average Bonchev–Trinajstić information content (AvgIpc) is 2.63. The molecule has 1 amide bonds. The highest BCUT2D eigenvalue weighted by molar-refractivity contribution is 5.97. The lowest BCUT2D eigenvalue weighted by Crippen LogP contribution is -2.28. The van der Waals surface area contributed by atoms with Crippen LogP contribution in [0.1, 0.15) is 36.6 Å². The Kier molecular flexibility index (Phi) is 6.40. The summed E-state index contributed by atoms with van der Waals surface area (Å²) in [6, 6.07) is 14.6. The van der Waals surface area contributed by atoms with Crippen molar-refractivity contribution < 1.29 is 9.90 Å². The van der Waals surface area contributed by atoms with Gasteiger partial charge in [-0.25, -0.2) is 0 Å². The third-order valence-corrected chi connectivity index (χ3v) is 4.18. The van der Waals surface area contributed by atoms with Crippen molar-refractivity contribution in [2.75, 3.05) is 5.32 Å². The zero-order valence-corrected chi connectivity index (χ0v) is 15.2. The molecule has 0 fully saturated rings. The fourth-order valence-electron chi connectivity index (χ4n) is 2.51. The van der Waals surface area contributed by atoms with E-state index in [0.29, 0.717) is 5.69 Å². The van der Waals surface area contributed by atoms with Gasteiger partial charge < -0.3 is 15.7 Å². The maximum Gasteiger partial charge on any atom is 0.263 e. The van der Waals surface area contributed by atoms with E-state index in [1.165, 1.54) is 17.8 Å². The number of amides is 1. The van der Waals surface area contributed by atoms with Gasteiger partial charge in [-0.3, -0.25) is 4.79 Å². The van der Waals surface area contributed by atoms with Crippen LogP contribution in [0.2, 0.25) is 0 Å². The maximum absolute atomic E-state index is 12.4. The molecular formula is C21H23N3O2. The van der Waals surface area contributed by atoms with E-state index in [2.05, 4.69) is 17.6 Å².